The van der Waals surface area contributed by atoms with Crippen LogP contribution in [0.4, 0.5) is 0 Å². The molecule has 0 spiro atoms. The van der Waals surface area contributed by atoms with E-state index < -0.39 is 0 Å². The predicted octanol–water partition coefficient (Wildman–Crippen LogP) is 1.53. The lowest BCUT2D eigenvalue weighted by molar-refractivity contribution is 0.564. The summed E-state index contributed by atoms with van der Waals surface area (Å²) in [5, 5.41) is 8.14. The van der Waals surface area contributed by atoms with Crippen molar-refractivity contribution in [2.24, 2.45) is 0 Å². The van der Waals surface area contributed by atoms with Crippen LogP contribution in [0.1, 0.15) is 6.42 Å². The van der Waals surface area contributed by atoms with Crippen LogP contribution in [-0.2, 0) is 0 Å². The van der Waals surface area contributed by atoms with Crippen LogP contribution in [0.25, 0.3) is 0 Å². The molecule has 10 heavy (non-hydrogen) atoms. The second-order valence-electron chi connectivity index (χ2n) is 2.10. The Hall–Kier alpha value is -1.23. The van der Waals surface area contributed by atoms with Gasteiger partial charge < -0.3 is 4.90 Å². The molecule has 0 unspecified atom stereocenters. The van der Waals surface area contributed by atoms with Crippen LogP contribution in [0.15, 0.2) is 24.4 Å². The molecule has 0 amide bonds. The lowest BCUT2D eigenvalue weighted by Gasteiger charge is -2.00. The van der Waals surface area contributed by atoms with Crippen LogP contribution >= 0.6 is 0 Å². The van der Waals surface area contributed by atoms with Gasteiger partial charge in [0.2, 0.25) is 0 Å². The highest BCUT2D eigenvalue weighted by atomic mass is 15.0. The maximum Gasteiger partial charge on any atom is 0.0663 e. The number of allylic oxidation sites excluding steroid dienone is 3. The molecule has 2 nitrogen and oxygen atoms in total. The number of rotatable bonds is 3. The number of nitriles is 1. The van der Waals surface area contributed by atoms with E-state index in [1.165, 1.54) is 0 Å². The second-order valence-corrected chi connectivity index (χ2v) is 2.10. The average molecular weight is 136 g/mol. The summed E-state index contributed by atoms with van der Waals surface area (Å²) in [6.45, 7) is 0. The lowest BCUT2D eigenvalue weighted by atomic mass is 10.4. The molecule has 0 rings (SSSR count). The molecule has 0 saturated carbocycles. The first kappa shape index (κ1) is 8.77. The zero-order chi connectivity index (χ0) is 7.82. The van der Waals surface area contributed by atoms with Gasteiger partial charge in [0.1, 0.15) is 0 Å². The van der Waals surface area contributed by atoms with Crippen LogP contribution in [-0.4, -0.2) is 19.0 Å². The van der Waals surface area contributed by atoms with Gasteiger partial charge in [-0.3, -0.25) is 0 Å². The molecule has 2 heteroatoms. The van der Waals surface area contributed by atoms with Gasteiger partial charge >= 0.3 is 0 Å². The van der Waals surface area contributed by atoms with Crippen LogP contribution in [0.2, 0.25) is 0 Å². The maximum atomic E-state index is 8.14. The third-order valence-corrected chi connectivity index (χ3v) is 0.841. The standard InChI is InChI=1S/C8H12N2/c1-10(2)8-6-4-3-5-7-9/h3-4,6,8H,5H2,1-2H3/b4-3+,8-6+. The summed E-state index contributed by atoms with van der Waals surface area (Å²) in [5.41, 5.74) is 0. The van der Waals surface area contributed by atoms with Crippen LogP contribution in [0.5, 0.6) is 0 Å². The van der Waals surface area contributed by atoms with Crippen molar-refractivity contribution in [3.8, 4) is 6.07 Å². The molecule has 0 bridgehead atoms. The Morgan fingerprint density at radius 2 is 2.10 bits per heavy atom. The molecular weight excluding hydrogens is 124 g/mol. The number of hydrogen-bond acceptors (Lipinski definition) is 2. The van der Waals surface area contributed by atoms with E-state index in [1.54, 1.807) is 0 Å². The zero-order valence-corrected chi connectivity index (χ0v) is 6.41. The summed E-state index contributed by atoms with van der Waals surface area (Å²) in [6.07, 6.45) is 7.99. The van der Waals surface area contributed by atoms with Gasteiger partial charge in [-0.1, -0.05) is 12.2 Å². The van der Waals surface area contributed by atoms with Crippen molar-refractivity contribution < 1.29 is 0 Å². The molecule has 0 fully saturated rings. The van der Waals surface area contributed by atoms with E-state index >= 15 is 0 Å². The van der Waals surface area contributed by atoms with Crippen LogP contribution < -0.4 is 0 Å². The van der Waals surface area contributed by atoms with Crippen molar-refractivity contribution in [2.75, 3.05) is 14.1 Å². The number of nitrogens with zero attached hydrogens (tertiary/aromatic N) is 2. The van der Waals surface area contributed by atoms with Crippen molar-refractivity contribution in [3.63, 3.8) is 0 Å². The fraction of sp³-hybridized carbons (Fsp3) is 0.375. The molecule has 0 aliphatic heterocycles. The van der Waals surface area contributed by atoms with Gasteiger partial charge in [-0.15, -0.1) is 0 Å². The molecule has 0 heterocycles. The summed E-state index contributed by atoms with van der Waals surface area (Å²) < 4.78 is 0. The van der Waals surface area contributed by atoms with Gasteiger partial charge in [0.25, 0.3) is 0 Å². The van der Waals surface area contributed by atoms with E-state index in [2.05, 4.69) is 0 Å². The number of hydrogen-bond donors (Lipinski definition) is 0. The van der Waals surface area contributed by atoms with Crippen molar-refractivity contribution in [3.05, 3.63) is 24.4 Å². The molecule has 0 aromatic rings. The summed E-state index contributed by atoms with van der Waals surface area (Å²) in [6, 6.07) is 2.02. The third kappa shape index (κ3) is 6.77. The third-order valence-electron chi connectivity index (χ3n) is 0.841. The van der Waals surface area contributed by atoms with Crippen molar-refractivity contribution in [1.29, 1.82) is 5.26 Å². The highest BCUT2D eigenvalue weighted by Crippen LogP contribution is 1.82. The maximum absolute atomic E-state index is 8.14. The van der Waals surface area contributed by atoms with Crippen molar-refractivity contribution in [1.82, 2.24) is 4.90 Å². The van der Waals surface area contributed by atoms with Gasteiger partial charge in [0.15, 0.2) is 0 Å². The fourth-order valence-corrected chi connectivity index (χ4v) is 0.421. The molecule has 0 aliphatic rings. The fourth-order valence-electron chi connectivity index (χ4n) is 0.421. The first-order valence-electron chi connectivity index (χ1n) is 3.14. The topological polar surface area (TPSA) is 27.0 Å². The Labute approximate surface area is 62.1 Å². The predicted molar refractivity (Wildman–Crippen MR) is 42.2 cm³/mol. The zero-order valence-electron chi connectivity index (χ0n) is 6.41. The minimum Gasteiger partial charge on any atom is -0.383 e. The Kier molecular flexibility index (Phi) is 5.17. The Bertz CT molecular complexity index is 161. The van der Waals surface area contributed by atoms with Gasteiger partial charge in [0, 0.05) is 14.1 Å². The van der Waals surface area contributed by atoms with Gasteiger partial charge in [-0.25, -0.2) is 0 Å². The lowest BCUT2D eigenvalue weighted by Crippen LogP contribution is -1.99. The van der Waals surface area contributed by atoms with E-state index in [1.807, 2.05) is 49.5 Å². The molecule has 0 radical (unpaired) electrons. The van der Waals surface area contributed by atoms with Crippen LogP contribution in [0.3, 0.4) is 0 Å². The van der Waals surface area contributed by atoms with Crippen molar-refractivity contribution >= 4 is 0 Å². The van der Waals surface area contributed by atoms with E-state index in [4.69, 9.17) is 5.26 Å². The first-order chi connectivity index (χ1) is 4.77. The SMILES string of the molecule is CN(C)/C=C/C=C/CC#N. The molecule has 0 aliphatic carbocycles. The molecule has 0 atom stereocenters. The first-order valence-corrected chi connectivity index (χ1v) is 3.14. The van der Waals surface area contributed by atoms with E-state index in [0.29, 0.717) is 6.42 Å². The second kappa shape index (κ2) is 5.90. The molecule has 0 aromatic heterocycles. The van der Waals surface area contributed by atoms with E-state index in [0.717, 1.165) is 0 Å². The molecule has 0 saturated heterocycles. The summed E-state index contributed by atoms with van der Waals surface area (Å²) in [4.78, 5) is 1.94. The minimum absolute atomic E-state index is 0.484. The van der Waals surface area contributed by atoms with E-state index in [9.17, 15) is 0 Å². The highest BCUT2D eigenvalue weighted by molar-refractivity contribution is 5.03. The molecular formula is C8H12N2. The van der Waals surface area contributed by atoms with Gasteiger partial charge in [-0.2, -0.15) is 5.26 Å². The summed E-state index contributed by atoms with van der Waals surface area (Å²) in [7, 11) is 3.91. The van der Waals surface area contributed by atoms with Crippen molar-refractivity contribution in [2.45, 2.75) is 6.42 Å². The monoisotopic (exact) mass is 136 g/mol. The quantitative estimate of drug-likeness (QED) is 0.550. The normalized spacial score (nSPS) is 10.5. The summed E-state index contributed by atoms with van der Waals surface area (Å²) >= 11 is 0. The van der Waals surface area contributed by atoms with Gasteiger partial charge in [0.05, 0.1) is 12.5 Å². The molecule has 0 N–H and O–H groups in total. The minimum atomic E-state index is 0.484. The average Bonchev–Trinajstić information content (AvgIpc) is 1.87. The Morgan fingerprint density at radius 1 is 1.40 bits per heavy atom. The Morgan fingerprint density at radius 3 is 2.60 bits per heavy atom. The highest BCUT2D eigenvalue weighted by Gasteiger charge is 1.71. The molecule has 0 aromatic carbocycles. The summed E-state index contributed by atoms with van der Waals surface area (Å²) in [5.74, 6) is 0. The van der Waals surface area contributed by atoms with Crippen LogP contribution in [0, 0.1) is 11.3 Å². The van der Waals surface area contributed by atoms with E-state index in [-0.39, 0.29) is 0 Å². The van der Waals surface area contributed by atoms with Gasteiger partial charge in [-0.05, 0) is 12.3 Å². The molecule has 54 valence electrons. The largest absolute Gasteiger partial charge is 0.383 e. The Balaban J connectivity index is 3.44. The smallest absolute Gasteiger partial charge is 0.0663 e.